The number of hydrogen-bond donors (Lipinski definition) is 1. The first kappa shape index (κ1) is 17.4. The van der Waals surface area contributed by atoms with Crippen molar-refractivity contribution < 1.29 is 0 Å². The molecule has 0 aliphatic heterocycles. The molecule has 0 saturated heterocycles. The highest BCUT2D eigenvalue weighted by atomic mass is 35.5. The Morgan fingerprint density at radius 3 is 2.28 bits per heavy atom. The average molecular weight is 375 g/mol. The first-order valence-electron chi connectivity index (χ1n) is 9.40. The Morgan fingerprint density at radius 2 is 1.72 bits per heavy atom. The van der Waals surface area contributed by atoms with Crippen LogP contribution in [-0.4, -0.2) is 16.7 Å². The summed E-state index contributed by atoms with van der Waals surface area (Å²) in [5, 5.41) is 2.15. The largest absolute Gasteiger partial charge is 0.353 e. The molecule has 1 N–H and O–H groups in total. The summed E-state index contributed by atoms with van der Waals surface area (Å²) in [6, 6.07) is 4.32. The van der Waals surface area contributed by atoms with Crippen LogP contribution in [0, 0.1) is 31.6 Å². The van der Waals surface area contributed by atoms with Crippen molar-refractivity contribution in [2.45, 2.75) is 57.9 Å². The summed E-state index contributed by atoms with van der Waals surface area (Å²) in [5.74, 6) is 2.88. The van der Waals surface area contributed by atoms with Gasteiger partial charge in [-0.2, -0.15) is 0 Å². The maximum atomic E-state index is 5.23. The molecule has 4 bridgehead atoms. The molecule has 0 aromatic carbocycles. The lowest BCUT2D eigenvalue weighted by Crippen LogP contribution is -2.49. The van der Waals surface area contributed by atoms with E-state index in [0.29, 0.717) is 0 Å². The van der Waals surface area contributed by atoms with Gasteiger partial charge in [0.15, 0.2) is 0 Å². The lowest BCUT2D eigenvalue weighted by atomic mass is 9.53. The van der Waals surface area contributed by atoms with Crippen LogP contribution in [0.3, 0.4) is 0 Å². The molecular formula is C21H27ClN2S. The molecule has 25 heavy (non-hydrogen) atoms. The molecule has 2 nitrogen and oxygen atoms in total. The van der Waals surface area contributed by atoms with Gasteiger partial charge in [0.1, 0.15) is 0 Å². The zero-order chi connectivity index (χ0) is 16.3. The van der Waals surface area contributed by atoms with Gasteiger partial charge in [-0.3, -0.25) is 4.99 Å². The molecule has 4 fully saturated rings. The maximum absolute atomic E-state index is 5.23. The third kappa shape index (κ3) is 2.90. The average Bonchev–Trinajstić information content (AvgIpc) is 3.15. The standard InChI is InChI=1S/C21H26N2S.ClH/c1-13-14(2)20(19-4-3-5-24-19)23-18(13)12-22-21-9-15-6-16(10-21)8-17(7-15)11-21;/h3-5,12,15-17,23H,6-11H2,1-2H3;1H. The number of aromatic nitrogens is 1. The predicted molar refractivity (Wildman–Crippen MR) is 109 cm³/mol. The normalized spacial score (nSPS) is 33.1. The summed E-state index contributed by atoms with van der Waals surface area (Å²) in [6.07, 6.45) is 10.6. The lowest BCUT2D eigenvalue weighted by Gasteiger charge is -2.54. The Labute approximate surface area is 160 Å². The van der Waals surface area contributed by atoms with Gasteiger partial charge in [-0.05, 0) is 92.7 Å². The third-order valence-electron chi connectivity index (χ3n) is 6.84. The van der Waals surface area contributed by atoms with Crippen molar-refractivity contribution in [3.63, 3.8) is 0 Å². The number of hydrogen-bond acceptors (Lipinski definition) is 2. The van der Waals surface area contributed by atoms with E-state index in [1.54, 1.807) is 11.3 Å². The number of nitrogens with zero attached hydrogens (tertiary/aromatic N) is 1. The van der Waals surface area contributed by atoms with Crippen LogP contribution in [0.2, 0.25) is 0 Å². The molecule has 0 unspecified atom stereocenters. The van der Waals surface area contributed by atoms with E-state index in [-0.39, 0.29) is 17.9 Å². The highest BCUT2D eigenvalue weighted by Crippen LogP contribution is 2.57. The number of H-pyrrole nitrogens is 1. The fraction of sp³-hybridized carbons (Fsp3) is 0.571. The molecule has 4 aliphatic rings. The number of aliphatic imine (C=N–C) groups is 1. The van der Waals surface area contributed by atoms with E-state index in [1.807, 2.05) is 0 Å². The zero-order valence-electron chi connectivity index (χ0n) is 15.0. The number of rotatable bonds is 3. The van der Waals surface area contributed by atoms with Crippen molar-refractivity contribution in [3.8, 4) is 10.6 Å². The molecule has 4 saturated carbocycles. The number of aromatic amines is 1. The fourth-order valence-corrected chi connectivity index (χ4v) is 6.72. The molecule has 2 heterocycles. The van der Waals surface area contributed by atoms with E-state index in [1.165, 1.54) is 65.9 Å². The van der Waals surface area contributed by atoms with Gasteiger partial charge in [0.25, 0.3) is 0 Å². The van der Waals surface area contributed by atoms with Crippen molar-refractivity contribution in [2.75, 3.05) is 0 Å². The quantitative estimate of drug-likeness (QED) is 0.622. The van der Waals surface area contributed by atoms with Gasteiger partial charge in [0, 0.05) is 6.21 Å². The van der Waals surface area contributed by atoms with Crippen LogP contribution < -0.4 is 0 Å². The molecule has 2 aromatic heterocycles. The predicted octanol–water partition coefficient (Wildman–Crippen LogP) is 6.17. The van der Waals surface area contributed by atoms with E-state index in [0.717, 1.165) is 17.8 Å². The number of halogens is 1. The van der Waals surface area contributed by atoms with Crippen molar-refractivity contribution in [1.82, 2.24) is 4.98 Å². The maximum Gasteiger partial charge on any atom is 0.0617 e. The molecule has 0 atom stereocenters. The third-order valence-corrected chi connectivity index (χ3v) is 7.73. The van der Waals surface area contributed by atoms with Gasteiger partial charge in [0.2, 0.25) is 0 Å². The molecule has 4 heteroatoms. The van der Waals surface area contributed by atoms with Crippen molar-refractivity contribution >= 4 is 30.0 Å². The van der Waals surface area contributed by atoms with Crippen LogP contribution >= 0.6 is 23.7 Å². The van der Waals surface area contributed by atoms with Gasteiger partial charge >= 0.3 is 0 Å². The van der Waals surface area contributed by atoms with Crippen LogP contribution in [0.25, 0.3) is 10.6 Å². The Morgan fingerprint density at radius 1 is 1.08 bits per heavy atom. The van der Waals surface area contributed by atoms with Crippen LogP contribution in [0.5, 0.6) is 0 Å². The molecule has 4 aliphatic carbocycles. The van der Waals surface area contributed by atoms with Crippen LogP contribution in [0.4, 0.5) is 0 Å². The molecule has 0 spiro atoms. The summed E-state index contributed by atoms with van der Waals surface area (Å²) in [5.41, 5.74) is 5.47. The summed E-state index contributed by atoms with van der Waals surface area (Å²) < 4.78 is 0. The Bertz CT molecular complexity index is 752. The summed E-state index contributed by atoms with van der Waals surface area (Å²) >= 11 is 1.80. The Kier molecular flexibility index (Phi) is 4.36. The second-order valence-electron chi connectivity index (χ2n) is 8.54. The van der Waals surface area contributed by atoms with Crippen LogP contribution in [0.1, 0.15) is 55.3 Å². The number of nitrogens with one attached hydrogen (secondary N) is 1. The second-order valence-corrected chi connectivity index (χ2v) is 9.49. The minimum Gasteiger partial charge on any atom is -0.353 e. The van der Waals surface area contributed by atoms with Gasteiger partial charge in [-0.1, -0.05) is 6.07 Å². The lowest BCUT2D eigenvalue weighted by molar-refractivity contribution is 0.00194. The Hall–Kier alpha value is -1.06. The smallest absolute Gasteiger partial charge is 0.0617 e. The molecule has 2 aromatic rings. The van der Waals surface area contributed by atoms with Gasteiger partial charge in [0.05, 0.1) is 21.8 Å². The van der Waals surface area contributed by atoms with Gasteiger partial charge in [-0.25, -0.2) is 0 Å². The monoisotopic (exact) mass is 374 g/mol. The van der Waals surface area contributed by atoms with Gasteiger partial charge in [-0.15, -0.1) is 23.7 Å². The second kappa shape index (κ2) is 6.28. The topological polar surface area (TPSA) is 28.1 Å². The molecule has 6 rings (SSSR count). The summed E-state index contributed by atoms with van der Waals surface area (Å²) in [6.45, 7) is 4.45. The van der Waals surface area contributed by atoms with E-state index in [4.69, 9.17) is 4.99 Å². The molecule has 0 radical (unpaired) electrons. The van der Waals surface area contributed by atoms with Crippen molar-refractivity contribution in [2.24, 2.45) is 22.7 Å². The van der Waals surface area contributed by atoms with Crippen molar-refractivity contribution in [3.05, 3.63) is 34.3 Å². The summed E-state index contributed by atoms with van der Waals surface area (Å²) in [7, 11) is 0. The fourth-order valence-electron chi connectivity index (χ4n) is 5.93. The molecule has 134 valence electrons. The van der Waals surface area contributed by atoms with Crippen molar-refractivity contribution in [1.29, 1.82) is 0 Å². The number of thiophene rings is 1. The molecule has 0 amide bonds. The van der Waals surface area contributed by atoms with Gasteiger partial charge < -0.3 is 4.98 Å². The first-order chi connectivity index (χ1) is 11.6. The zero-order valence-corrected chi connectivity index (χ0v) is 16.7. The SMILES string of the molecule is Cc1c(C=NC23CC4CC(CC(C4)C2)C3)[nH]c(-c2cccs2)c1C.Cl. The minimum atomic E-state index is 0. The Balaban J connectivity index is 0.00000157. The van der Waals surface area contributed by atoms with E-state index >= 15 is 0 Å². The van der Waals surface area contributed by atoms with Crippen LogP contribution in [-0.2, 0) is 0 Å². The minimum absolute atomic E-state index is 0. The highest BCUT2D eigenvalue weighted by molar-refractivity contribution is 7.13. The first-order valence-corrected chi connectivity index (χ1v) is 10.3. The molecular weight excluding hydrogens is 348 g/mol. The van der Waals surface area contributed by atoms with E-state index in [9.17, 15) is 0 Å². The summed E-state index contributed by atoms with van der Waals surface area (Å²) in [4.78, 5) is 10.2. The van der Waals surface area contributed by atoms with E-state index in [2.05, 4.69) is 42.6 Å². The van der Waals surface area contributed by atoms with Crippen LogP contribution in [0.15, 0.2) is 22.5 Å². The van der Waals surface area contributed by atoms with E-state index < -0.39 is 0 Å². The highest BCUT2D eigenvalue weighted by Gasteiger charge is 2.50.